The second kappa shape index (κ2) is 13.0. The SMILES string of the molecule is CCc1nc(C(=O)NCC2(O)CCC(C)CC2)c(Cl)n1-c1ccc(CC(C)C(F)(F)F)c(F)c1.O=S=O. The number of imidazole rings is 1. The maximum Gasteiger partial charge on any atom is 0.391 e. The minimum absolute atomic E-state index is 0.0329. The molecule has 1 amide bonds. The van der Waals surface area contributed by atoms with Crippen molar-refractivity contribution < 1.29 is 35.9 Å². The van der Waals surface area contributed by atoms with Crippen molar-refractivity contribution in [2.24, 2.45) is 11.8 Å². The quantitative estimate of drug-likeness (QED) is 0.460. The summed E-state index contributed by atoms with van der Waals surface area (Å²) in [4.78, 5) is 17.1. The molecule has 0 spiro atoms. The zero-order chi connectivity index (χ0) is 28.0. The number of alkyl halides is 3. The average Bonchev–Trinajstić information content (AvgIpc) is 3.17. The summed E-state index contributed by atoms with van der Waals surface area (Å²) in [6.07, 6.45) is -1.58. The molecule has 7 nitrogen and oxygen atoms in total. The normalized spacial score (nSPS) is 20.5. The van der Waals surface area contributed by atoms with E-state index in [2.05, 4.69) is 17.2 Å². The maximum absolute atomic E-state index is 14.7. The number of aliphatic hydroxyl groups is 1. The van der Waals surface area contributed by atoms with Crippen LogP contribution >= 0.6 is 11.6 Å². The number of aromatic nitrogens is 2. The van der Waals surface area contributed by atoms with Crippen LogP contribution in [0.1, 0.15) is 68.3 Å². The van der Waals surface area contributed by atoms with Gasteiger partial charge in [0.1, 0.15) is 16.8 Å². The zero-order valence-electron chi connectivity index (χ0n) is 20.7. The number of rotatable bonds is 7. The van der Waals surface area contributed by atoms with Crippen LogP contribution in [0, 0.1) is 17.7 Å². The molecule has 206 valence electrons. The summed E-state index contributed by atoms with van der Waals surface area (Å²) in [5.74, 6) is -2.09. The number of carbonyl (C=O) groups excluding carboxylic acids is 1. The van der Waals surface area contributed by atoms with Crippen molar-refractivity contribution in [3.05, 3.63) is 46.3 Å². The van der Waals surface area contributed by atoms with Gasteiger partial charge in [0.05, 0.1) is 17.2 Å². The number of hydrogen-bond acceptors (Lipinski definition) is 5. The number of amides is 1. The summed E-state index contributed by atoms with van der Waals surface area (Å²) in [5, 5.41) is 13.4. The summed E-state index contributed by atoms with van der Waals surface area (Å²) >= 11 is 5.71. The van der Waals surface area contributed by atoms with Gasteiger partial charge in [0, 0.05) is 13.0 Å². The summed E-state index contributed by atoms with van der Waals surface area (Å²) in [7, 11) is 0. The van der Waals surface area contributed by atoms with E-state index in [-0.39, 0.29) is 28.6 Å². The fraction of sp³-hybridized carbons (Fsp3) is 0.583. The van der Waals surface area contributed by atoms with Crippen molar-refractivity contribution in [2.75, 3.05) is 6.54 Å². The van der Waals surface area contributed by atoms with E-state index in [9.17, 15) is 27.5 Å². The van der Waals surface area contributed by atoms with Crippen molar-refractivity contribution >= 4 is 29.1 Å². The Morgan fingerprint density at radius 1 is 1.32 bits per heavy atom. The monoisotopic (exact) mass is 567 g/mol. The molecular weight excluding hydrogens is 538 g/mol. The second-order valence-electron chi connectivity index (χ2n) is 9.44. The van der Waals surface area contributed by atoms with Crippen molar-refractivity contribution in [1.82, 2.24) is 14.9 Å². The fourth-order valence-electron chi connectivity index (χ4n) is 4.18. The van der Waals surface area contributed by atoms with Crippen molar-refractivity contribution in [1.29, 1.82) is 0 Å². The summed E-state index contributed by atoms with van der Waals surface area (Å²) in [6.45, 7) is 5.00. The zero-order valence-corrected chi connectivity index (χ0v) is 22.3. The Morgan fingerprint density at radius 3 is 2.43 bits per heavy atom. The molecule has 0 saturated heterocycles. The van der Waals surface area contributed by atoms with E-state index in [0.29, 0.717) is 31.0 Å². The number of hydrogen-bond donors (Lipinski definition) is 2. The van der Waals surface area contributed by atoms with E-state index in [0.717, 1.165) is 25.8 Å². The van der Waals surface area contributed by atoms with Crippen LogP contribution in [-0.4, -0.2) is 47.3 Å². The largest absolute Gasteiger partial charge is 0.391 e. The summed E-state index contributed by atoms with van der Waals surface area (Å²) in [6, 6.07) is 3.85. The van der Waals surface area contributed by atoms with Gasteiger partial charge < -0.3 is 10.4 Å². The van der Waals surface area contributed by atoms with Crippen LogP contribution in [0.2, 0.25) is 5.15 Å². The Kier molecular flexibility index (Phi) is 10.8. The average molecular weight is 568 g/mol. The third kappa shape index (κ3) is 8.08. The highest BCUT2D eigenvalue weighted by Gasteiger charge is 2.36. The highest BCUT2D eigenvalue weighted by atomic mass is 35.5. The first-order valence-electron chi connectivity index (χ1n) is 11.8. The van der Waals surface area contributed by atoms with E-state index in [1.54, 1.807) is 6.92 Å². The molecule has 2 N–H and O–H groups in total. The van der Waals surface area contributed by atoms with Gasteiger partial charge in [0.15, 0.2) is 5.69 Å². The highest BCUT2D eigenvalue weighted by molar-refractivity contribution is 7.51. The number of nitrogens with zero attached hydrogens (tertiary/aromatic N) is 2. The van der Waals surface area contributed by atoms with Gasteiger partial charge in [-0.05, 0) is 55.7 Å². The van der Waals surface area contributed by atoms with E-state index < -0.39 is 47.4 Å². The van der Waals surface area contributed by atoms with Gasteiger partial charge in [-0.2, -0.15) is 21.6 Å². The highest BCUT2D eigenvalue weighted by Crippen LogP contribution is 2.32. The molecule has 1 aliphatic carbocycles. The lowest BCUT2D eigenvalue weighted by atomic mass is 9.79. The molecule has 1 fully saturated rings. The lowest BCUT2D eigenvalue weighted by molar-refractivity contribution is -0.169. The molecule has 3 rings (SSSR count). The third-order valence-corrected chi connectivity index (χ3v) is 6.93. The van der Waals surface area contributed by atoms with Crippen LogP contribution in [0.3, 0.4) is 0 Å². The van der Waals surface area contributed by atoms with Crippen LogP contribution in [0.5, 0.6) is 0 Å². The second-order valence-corrected chi connectivity index (χ2v) is 9.93. The lowest BCUT2D eigenvalue weighted by Gasteiger charge is -2.34. The molecule has 1 aliphatic rings. The molecule has 0 aliphatic heterocycles. The first kappa shape index (κ1) is 30.9. The Balaban J connectivity index is 0.00000153. The van der Waals surface area contributed by atoms with Gasteiger partial charge in [-0.25, -0.2) is 9.37 Å². The van der Waals surface area contributed by atoms with Gasteiger partial charge in [-0.15, -0.1) is 0 Å². The molecule has 1 aromatic carbocycles. The molecule has 2 aromatic rings. The smallest absolute Gasteiger partial charge is 0.388 e. The molecule has 1 heterocycles. The summed E-state index contributed by atoms with van der Waals surface area (Å²) < 4.78 is 71.2. The fourth-order valence-corrected chi connectivity index (χ4v) is 4.50. The molecule has 13 heteroatoms. The van der Waals surface area contributed by atoms with Crippen LogP contribution in [0.25, 0.3) is 5.69 Å². The van der Waals surface area contributed by atoms with E-state index in [1.807, 2.05) is 0 Å². The number of carbonyl (C=O) groups is 1. The molecule has 0 radical (unpaired) electrons. The van der Waals surface area contributed by atoms with E-state index >= 15 is 0 Å². The maximum atomic E-state index is 14.7. The predicted molar refractivity (Wildman–Crippen MR) is 131 cm³/mol. The minimum atomic E-state index is -4.42. The van der Waals surface area contributed by atoms with Gasteiger partial charge in [-0.1, -0.05) is 38.4 Å². The van der Waals surface area contributed by atoms with E-state index in [1.165, 1.54) is 16.7 Å². The standard InChI is InChI=1S/C24H30ClF4N3O2.O2S/c1-4-19-31-20(22(33)30-13-23(34)9-7-14(2)8-10-23)21(25)32(19)17-6-5-16(18(26)12-17)11-15(3)24(27,28)29;1-3-2/h5-6,12,14-15,34H,4,7-11,13H2,1-3H3,(H,30,33);. The van der Waals surface area contributed by atoms with Crippen molar-refractivity contribution in [2.45, 2.75) is 71.1 Å². The number of aryl methyl sites for hydroxylation is 1. The van der Waals surface area contributed by atoms with Crippen LogP contribution in [0.4, 0.5) is 17.6 Å². The van der Waals surface area contributed by atoms with Crippen LogP contribution in [-0.2, 0) is 24.4 Å². The van der Waals surface area contributed by atoms with Crippen molar-refractivity contribution in [3.8, 4) is 5.69 Å². The van der Waals surface area contributed by atoms with Crippen LogP contribution in [0.15, 0.2) is 18.2 Å². The van der Waals surface area contributed by atoms with E-state index in [4.69, 9.17) is 20.0 Å². The lowest BCUT2D eigenvalue weighted by Crippen LogP contribution is -2.45. The van der Waals surface area contributed by atoms with Gasteiger partial charge >= 0.3 is 17.7 Å². The number of halogens is 5. The topological polar surface area (TPSA) is 101 Å². The molecule has 0 bridgehead atoms. The van der Waals surface area contributed by atoms with Crippen molar-refractivity contribution in [3.63, 3.8) is 0 Å². The van der Waals surface area contributed by atoms with Crippen LogP contribution < -0.4 is 5.32 Å². The number of nitrogens with one attached hydrogen (secondary N) is 1. The molecule has 1 aromatic heterocycles. The Morgan fingerprint density at radius 2 is 1.92 bits per heavy atom. The molecule has 1 saturated carbocycles. The van der Waals surface area contributed by atoms with Gasteiger partial charge in [0.25, 0.3) is 5.91 Å². The molecule has 1 atom stereocenters. The minimum Gasteiger partial charge on any atom is -0.388 e. The third-order valence-electron chi connectivity index (χ3n) is 6.58. The first-order chi connectivity index (χ1) is 17.3. The molecule has 1 unspecified atom stereocenters. The Labute approximate surface area is 221 Å². The predicted octanol–water partition coefficient (Wildman–Crippen LogP) is 4.97. The Bertz CT molecular complexity index is 1130. The molecule has 37 heavy (non-hydrogen) atoms. The van der Waals surface area contributed by atoms with Gasteiger partial charge in [0.2, 0.25) is 0 Å². The van der Waals surface area contributed by atoms with Gasteiger partial charge in [-0.3, -0.25) is 9.36 Å². The Hall–Kier alpha value is -2.31. The molecular formula is C24H30ClF4N3O4S. The summed E-state index contributed by atoms with van der Waals surface area (Å²) in [5.41, 5.74) is -0.830. The first-order valence-corrected chi connectivity index (χ1v) is 12.9. The number of benzene rings is 1.